The van der Waals surface area contributed by atoms with Gasteiger partial charge in [0.25, 0.3) is 0 Å². The molecule has 2 atom stereocenters. The number of ether oxygens (including phenoxy) is 1. The minimum Gasteiger partial charge on any atom is -0.378 e. The van der Waals surface area contributed by atoms with Gasteiger partial charge in [-0.15, -0.1) is 0 Å². The molecule has 1 N–H and O–H groups in total. The van der Waals surface area contributed by atoms with Crippen molar-refractivity contribution in [2.24, 2.45) is 0 Å². The average molecular weight is 247 g/mol. The van der Waals surface area contributed by atoms with Crippen molar-refractivity contribution in [3.05, 3.63) is 0 Å². The van der Waals surface area contributed by atoms with Gasteiger partial charge in [-0.2, -0.15) is 0 Å². The fourth-order valence-corrected chi connectivity index (χ4v) is 4.18. The highest BCUT2D eigenvalue weighted by atomic mass is 32.2. The van der Waals surface area contributed by atoms with E-state index < -0.39 is 9.84 Å². The van der Waals surface area contributed by atoms with E-state index in [1.54, 1.807) is 0 Å². The predicted molar refractivity (Wildman–Crippen MR) is 63.3 cm³/mol. The van der Waals surface area contributed by atoms with Gasteiger partial charge in [-0.1, -0.05) is 0 Å². The minimum absolute atomic E-state index is 0.167. The third-order valence-electron chi connectivity index (χ3n) is 3.39. The van der Waals surface area contributed by atoms with E-state index in [0.717, 1.165) is 38.8 Å². The third-order valence-corrected chi connectivity index (χ3v) is 5.21. The predicted octanol–water partition coefficient (Wildman–Crippen LogP) is 0.722. The Hall–Kier alpha value is -0.130. The molecule has 5 heteroatoms. The first-order chi connectivity index (χ1) is 7.66. The van der Waals surface area contributed by atoms with Crippen molar-refractivity contribution in [3.8, 4) is 0 Å². The van der Waals surface area contributed by atoms with Crippen LogP contribution >= 0.6 is 0 Å². The van der Waals surface area contributed by atoms with Gasteiger partial charge in [0, 0.05) is 12.6 Å². The van der Waals surface area contributed by atoms with Gasteiger partial charge in [-0.05, 0) is 38.6 Å². The zero-order valence-corrected chi connectivity index (χ0v) is 10.5. The summed E-state index contributed by atoms with van der Waals surface area (Å²) in [4.78, 5) is 0. The summed E-state index contributed by atoms with van der Waals surface area (Å²) in [5, 5.41) is 3.34. The first kappa shape index (κ1) is 12.3. The highest BCUT2D eigenvalue weighted by molar-refractivity contribution is 7.91. The van der Waals surface area contributed by atoms with Crippen LogP contribution in [0.5, 0.6) is 0 Å². The first-order valence-electron chi connectivity index (χ1n) is 6.21. The fourth-order valence-electron chi connectivity index (χ4n) is 2.50. The average Bonchev–Trinajstić information content (AvgIpc) is 2.69. The molecule has 0 spiro atoms. The van der Waals surface area contributed by atoms with Crippen LogP contribution in [0.1, 0.15) is 32.1 Å². The van der Waals surface area contributed by atoms with E-state index in [1.165, 1.54) is 6.42 Å². The van der Waals surface area contributed by atoms with Crippen molar-refractivity contribution in [1.29, 1.82) is 0 Å². The van der Waals surface area contributed by atoms with E-state index in [1.807, 2.05) is 0 Å². The molecule has 2 saturated heterocycles. The summed E-state index contributed by atoms with van der Waals surface area (Å²) < 4.78 is 28.4. The number of rotatable bonds is 4. The lowest BCUT2D eigenvalue weighted by Crippen LogP contribution is -2.41. The Morgan fingerprint density at radius 3 is 2.81 bits per heavy atom. The highest BCUT2D eigenvalue weighted by Crippen LogP contribution is 2.15. The summed E-state index contributed by atoms with van der Waals surface area (Å²) in [6, 6.07) is 0.167. The molecule has 0 aromatic heterocycles. The fraction of sp³-hybridized carbons (Fsp3) is 1.00. The molecule has 0 bridgehead atoms. The largest absolute Gasteiger partial charge is 0.378 e. The van der Waals surface area contributed by atoms with Gasteiger partial charge in [0.05, 0.1) is 17.6 Å². The van der Waals surface area contributed by atoms with Crippen molar-refractivity contribution >= 4 is 9.84 Å². The molecule has 4 nitrogen and oxygen atoms in total. The van der Waals surface area contributed by atoms with Gasteiger partial charge in [0.2, 0.25) is 0 Å². The summed E-state index contributed by atoms with van der Waals surface area (Å²) in [7, 11) is -2.78. The van der Waals surface area contributed by atoms with Gasteiger partial charge in [0.15, 0.2) is 9.84 Å². The maximum atomic E-state index is 11.4. The Bertz CT molecular complexity index is 309. The Kier molecular flexibility index (Phi) is 4.21. The number of sulfone groups is 1. The molecular weight excluding hydrogens is 226 g/mol. The van der Waals surface area contributed by atoms with Crippen LogP contribution in [0.15, 0.2) is 0 Å². The normalized spacial score (nSPS) is 34.0. The lowest BCUT2D eigenvalue weighted by atomic mass is 10.1. The van der Waals surface area contributed by atoms with E-state index >= 15 is 0 Å². The zero-order valence-electron chi connectivity index (χ0n) is 9.65. The molecule has 0 amide bonds. The Balaban J connectivity index is 1.65. The van der Waals surface area contributed by atoms with Crippen molar-refractivity contribution < 1.29 is 13.2 Å². The first-order valence-corrected chi connectivity index (χ1v) is 8.03. The van der Waals surface area contributed by atoms with Crippen LogP contribution in [0.25, 0.3) is 0 Å². The summed E-state index contributed by atoms with van der Waals surface area (Å²) >= 11 is 0. The van der Waals surface area contributed by atoms with E-state index in [2.05, 4.69) is 5.32 Å². The molecule has 2 fully saturated rings. The molecule has 0 saturated carbocycles. The molecular formula is C11H21NO3S. The third kappa shape index (κ3) is 3.71. The summed E-state index contributed by atoms with van der Waals surface area (Å²) in [5.74, 6) is 0.690. The standard InChI is InChI=1S/C11H21NO3S/c13-16(14)8-2-3-10(9-16)12-6-5-11-4-1-7-15-11/h10-12H,1-9H2. The molecule has 0 radical (unpaired) electrons. The van der Waals surface area contributed by atoms with Gasteiger partial charge in [0.1, 0.15) is 0 Å². The van der Waals surface area contributed by atoms with Crippen molar-refractivity contribution in [2.75, 3.05) is 24.7 Å². The molecule has 2 aliphatic heterocycles. The van der Waals surface area contributed by atoms with Crippen LogP contribution in [-0.4, -0.2) is 45.2 Å². The molecule has 2 unspecified atom stereocenters. The van der Waals surface area contributed by atoms with E-state index in [9.17, 15) is 8.42 Å². The van der Waals surface area contributed by atoms with Crippen LogP contribution in [0, 0.1) is 0 Å². The Morgan fingerprint density at radius 2 is 2.12 bits per heavy atom. The number of hydrogen-bond acceptors (Lipinski definition) is 4. The summed E-state index contributed by atoms with van der Waals surface area (Å²) in [6.45, 7) is 1.77. The smallest absolute Gasteiger partial charge is 0.151 e. The SMILES string of the molecule is O=S1(=O)CCCC(NCCC2CCCO2)C1. The molecule has 2 aliphatic rings. The number of nitrogens with one attached hydrogen (secondary N) is 1. The van der Waals surface area contributed by atoms with Crippen LogP contribution in [-0.2, 0) is 14.6 Å². The second kappa shape index (κ2) is 5.47. The van der Waals surface area contributed by atoms with E-state index in [0.29, 0.717) is 17.6 Å². The lowest BCUT2D eigenvalue weighted by molar-refractivity contribution is 0.103. The molecule has 0 aromatic rings. The zero-order chi connectivity index (χ0) is 11.4. The van der Waals surface area contributed by atoms with Crippen LogP contribution in [0.2, 0.25) is 0 Å². The van der Waals surface area contributed by atoms with E-state index in [-0.39, 0.29) is 6.04 Å². The quantitative estimate of drug-likeness (QED) is 0.795. The molecule has 2 rings (SSSR count). The Morgan fingerprint density at radius 1 is 1.25 bits per heavy atom. The van der Waals surface area contributed by atoms with Crippen LogP contribution in [0.3, 0.4) is 0 Å². The van der Waals surface area contributed by atoms with Gasteiger partial charge in [-0.3, -0.25) is 0 Å². The second-order valence-electron chi connectivity index (χ2n) is 4.83. The van der Waals surface area contributed by atoms with Crippen LogP contribution < -0.4 is 5.32 Å². The molecule has 0 aromatic carbocycles. The second-order valence-corrected chi connectivity index (χ2v) is 7.06. The molecule has 0 aliphatic carbocycles. The maximum absolute atomic E-state index is 11.4. The molecule has 16 heavy (non-hydrogen) atoms. The number of hydrogen-bond donors (Lipinski definition) is 1. The minimum atomic E-state index is -2.78. The highest BCUT2D eigenvalue weighted by Gasteiger charge is 2.24. The van der Waals surface area contributed by atoms with Gasteiger partial charge in [-0.25, -0.2) is 8.42 Å². The van der Waals surface area contributed by atoms with Gasteiger partial charge >= 0.3 is 0 Å². The van der Waals surface area contributed by atoms with Crippen LogP contribution in [0.4, 0.5) is 0 Å². The molecule has 2 heterocycles. The Labute approximate surface area is 97.7 Å². The lowest BCUT2D eigenvalue weighted by Gasteiger charge is -2.23. The maximum Gasteiger partial charge on any atom is 0.151 e. The van der Waals surface area contributed by atoms with Crippen molar-refractivity contribution in [3.63, 3.8) is 0 Å². The topological polar surface area (TPSA) is 55.4 Å². The van der Waals surface area contributed by atoms with Crippen molar-refractivity contribution in [1.82, 2.24) is 5.32 Å². The molecule has 94 valence electrons. The summed E-state index contributed by atoms with van der Waals surface area (Å²) in [6.07, 6.45) is 5.53. The van der Waals surface area contributed by atoms with E-state index in [4.69, 9.17) is 4.74 Å². The monoisotopic (exact) mass is 247 g/mol. The summed E-state index contributed by atoms with van der Waals surface area (Å²) in [5.41, 5.74) is 0. The van der Waals surface area contributed by atoms with Crippen molar-refractivity contribution in [2.45, 2.75) is 44.2 Å². The van der Waals surface area contributed by atoms with Gasteiger partial charge < -0.3 is 10.1 Å².